The standard InChI is InChI=1S/C14H30N2/c1-6-9-15-12-7-8-13(10-12)16(5)11-14(2,3)4/h12-13,15H,6-11H2,1-5H3. The summed E-state index contributed by atoms with van der Waals surface area (Å²) in [6, 6.07) is 1.57. The molecule has 0 bridgehead atoms. The SMILES string of the molecule is CCCNC1CCC(N(C)CC(C)(C)C)C1. The summed E-state index contributed by atoms with van der Waals surface area (Å²) >= 11 is 0. The second-order valence-corrected chi connectivity index (χ2v) is 6.59. The van der Waals surface area contributed by atoms with Gasteiger partial charge in [-0.25, -0.2) is 0 Å². The van der Waals surface area contributed by atoms with Crippen LogP contribution in [0.2, 0.25) is 0 Å². The topological polar surface area (TPSA) is 15.3 Å². The van der Waals surface area contributed by atoms with E-state index in [1.54, 1.807) is 0 Å². The Morgan fingerprint density at radius 2 is 1.94 bits per heavy atom. The van der Waals surface area contributed by atoms with Crippen LogP contribution in [0.15, 0.2) is 0 Å². The summed E-state index contributed by atoms with van der Waals surface area (Å²) in [5.74, 6) is 0. The highest BCUT2D eigenvalue weighted by atomic mass is 15.1. The predicted octanol–water partition coefficient (Wildman–Crippen LogP) is 2.89. The number of nitrogens with one attached hydrogen (secondary N) is 1. The summed E-state index contributed by atoms with van der Waals surface area (Å²) < 4.78 is 0. The maximum absolute atomic E-state index is 3.65. The van der Waals surface area contributed by atoms with E-state index in [-0.39, 0.29) is 0 Å². The number of hydrogen-bond acceptors (Lipinski definition) is 2. The van der Waals surface area contributed by atoms with Gasteiger partial charge in [0.05, 0.1) is 0 Å². The highest BCUT2D eigenvalue weighted by Gasteiger charge is 2.28. The van der Waals surface area contributed by atoms with Crippen molar-refractivity contribution < 1.29 is 0 Å². The zero-order chi connectivity index (χ0) is 12.2. The van der Waals surface area contributed by atoms with E-state index in [2.05, 4.69) is 45.0 Å². The van der Waals surface area contributed by atoms with E-state index >= 15 is 0 Å². The fourth-order valence-corrected chi connectivity index (χ4v) is 2.77. The molecule has 0 aromatic carbocycles. The van der Waals surface area contributed by atoms with Crippen molar-refractivity contribution in [3.05, 3.63) is 0 Å². The Morgan fingerprint density at radius 3 is 2.50 bits per heavy atom. The molecule has 0 radical (unpaired) electrons. The Bertz CT molecular complexity index is 195. The van der Waals surface area contributed by atoms with Gasteiger partial charge in [-0.1, -0.05) is 27.7 Å². The van der Waals surface area contributed by atoms with Gasteiger partial charge in [0, 0.05) is 18.6 Å². The second kappa shape index (κ2) is 6.02. The lowest BCUT2D eigenvalue weighted by Gasteiger charge is -2.31. The first-order valence-electron chi connectivity index (χ1n) is 6.86. The van der Waals surface area contributed by atoms with E-state index in [1.165, 1.54) is 38.8 Å². The minimum atomic E-state index is 0.420. The van der Waals surface area contributed by atoms with Gasteiger partial charge in [-0.05, 0) is 44.7 Å². The van der Waals surface area contributed by atoms with Crippen molar-refractivity contribution in [2.75, 3.05) is 20.1 Å². The van der Waals surface area contributed by atoms with Crippen LogP contribution >= 0.6 is 0 Å². The van der Waals surface area contributed by atoms with Crippen molar-refractivity contribution >= 4 is 0 Å². The molecule has 1 fully saturated rings. The van der Waals surface area contributed by atoms with Crippen LogP contribution < -0.4 is 5.32 Å². The molecule has 1 aliphatic carbocycles. The molecule has 96 valence electrons. The van der Waals surface area contributed by atoms with Crippen LogP contribution in [0.4, 0.5) is 0 Å². The normalized spacial score (nSPS) is 26.6. The molecule has 0 saturated heterocycles. The van der Waals surface area contributed by atoms with E-state index in [4.69, 9.17) is 0 Å². The van der Waals surface area contributed by atoms with Gasteiger partial charge < -0.3 is 10.2 Å². The molecule has 16 heavy (non-hydrogen) atoms. The first kappa shape index (κ1) is 14.0. The molecule has 1 N–H and O–H groups in total. The minimum absolute atomic E-state index is 0.420. The van der Waals surface area contributed by atoms with Gasteiger partial charge in [0.2, 0.25) is 0 Å². The quantitative estimate of drug-likeness (QED) is 0.775. The van der Waals surface area contributed by atoms with E-state index in [0.29, 0.717) is 5.41 Å². The van der Waals surface area contributed by atoms with Gasteiger partial charge >= 0.3 is 0 Å². The van der Waals surface area contributed by atoms with Gasteiger partial charge in [-0.2, -0.15) is 0 Å². The van der Waals surface area contributed by atoms with Crippen LogP contribution in [0.3, 0.4) is 0 Å². The van der Waals surface area contributed by atoms with Crippen molar-refractivity contribution in [2.24, 2.45) is 5.41 Å². The van der Waals surface area contributed by atoms with Crippen molar-refractivity contribution in [3.8, 4) is 0 Å². The molecule has 0 aliphatic heterocycles. The lowest BCUT2D eigenvalue weighted by molar-refractivity contribution is 0.172. The molecule has 1 aliphatic rings. The maximum Gasteiger partial charge on any atom is 0.0108 e. The molecule has 1 saturated carbocycles. The van der Waals surface area contributed by atoms with Crippen LogP contribution in [0.25, 0.3) is 0 Å². The Kier molecular flexibility index (Phi) is 5.26. The molecule has 0 aromatic heterocycles. The highest BCUT2D eigenvalue weighted by Crippen LogP contribution is 2.26. The van der Waals surface area contributed by atoms with Crippen molar-refractivity contribution in [1.82, 2.24) is 10.2 Å². The van der Waals surface area contributed by atoms with E-state index < -0.39 is 0 Å². The summed E-state index contributed by atoms with van der Waals surface area (Å²) in [5.41, 5.74) is 0.420. The number of rotatable bonds is 5. The van der Waals surface area contributed by atoms with Gasteiger partial charge in [0.15, 0.2) is 0 Å². The van der Waals surface area contributed by atoms with E-state index in [9.17, 15) is 0 Å². The van der Waals surface area contributed by atoms with Crippen LogP contribution in [-0.4, -0.2) is 37.1 Å². The molecule has 2 heteroatoms. The molecule has 2 atom stereocenters. The van der Waals surface area contributed by atoms with Gasteiger partial charge in [0.1, 0.15) is 0 Å². The molecular weight excluding hydrogens is 196 g/mol. The zero-order valence-corrected chi connectivity index (χ0v) is 11.8. The fraction of sp³-hybridized carbons (Fsp3) is 1.00. The lowest BCUT2D eigenvalue weighted by Crippen LogP contribution is -2.37. The lowest BCUT2D eigenvalue weighted by atomic mass is 9.95. The van der Waals surface area contributed by atoms with Crippen LogP contribution in [0, 0.1) is 5.41 Å². The third-order valence-electron chi connectivity index (χ3n) is 3.44. The first-order chi connectivity index (χ1) is 7.42. The van der Waals surface area contributed by atoms with Crippen LogP contribution in [0.1, 0.15) is 53.4 Å². The molecule has 2 unspecified atom stereocenters. The minimum Gasteiger partial charge on any atom is -0.314 e. The molecule has 0 heterocycles. The van der Waals surface area contributed by atoms with Gasteiger partial charge in [-0.3, -0.25) is 0 Å². The average molecular weight is 226 g/mol. The van der Waals surface area contributed by atoms with Gasteiger partial charge in [-0.15, -0.1) is 0 Å². The number of nitrogens with zero attached hydrogens (tertiary/aromatic N) is 1. The Hall–Kier alpha value is -0.0800. The smallest absolute Gasteiger partial charge is 0.0108 e. The fourth-order valence-electron chi connectivity index (χ4n) is 2.77. The molecular formula is C14H30N2. The third kappa shape index (κ3) is 4.84. The summed E-state index contributed by atoms with van der Waals surface area (Å²) in [5, 5.41) is 3.65. The van der Waals surface area contributed by atoms with Gasteiger partial charge in [0.25, 0.3) is 0 Å². The van der Waals surface area contributed by atoms with E-state index in [0.717, 1.165) is 12.1 Å². The molecule has 1 rings (SSSR count). The van der Waals surface area contributed by atoms with Crippen molar-refractivity contribution in [1.29, 1.82) is 0 Å². The molecule has 0 aromatic rings. The Labute approximate surface area is 102 Å². The predicted molar refractivity (Wildman–Crippen MR) is 71.8 cm³/mol. The highest BCUT2D eigenvalue weighted by molar-refractivity contribution is 4.86. The average Bonchev–Trinajstić information content (AvgIpc) is 2.60. The monoisotopic (exact) mass is 226 g/mol. The maximum atomic E-state index is 3.65. The van der Waals surface area contributed by atoms with Crippen molar-refractivity contribution in [2.45, 2.75) is 65.5 Å². The zero-order valence-electron chi connectivity index (χ0n) is 11.8. The third-order valence-corrected chi connectivity index (χ3v) is 3.44. The first-order valence-corrected chi connectivity index (χ1v) is 6.86. The second-order valence-electron chi connectivity index (χ2n) is 6.59. The Balaban J connectivity index is 2.29. The Morgan fingerprint density at radius 1 is 1.25 bits per heavy atom. The summed E-state index contributed by atoms with van der Waals surface area (Å²) in [4.78, 5) is 2.56. The largest absolute Gasteiger partial charge is 0.314 e. The molecule has 0 amide bonds. The van der Waals surface area contributed by atoms with Crippen LogP contribution in [0.5, 0.6) is 0 Å². The van der Waals surface area contributed by atoms with Crippen molar-refractivity contribution in [3.63, 3.8) is 0 Å². The van der Waals surface area contributed by atoms with E-state index in [1.807, 2.05) is 0 Å². The van der Waals surface area contributed by atoms with Crippen LogP contribution in [-0.2, 0) is 0 Å². The molecule has 2 nitrogen and oxygen atoms in total. The summed E-state index contributed by atoms with van der Waals surface area (Å²) in [6.07, 6.45) is 5.32. The summed E-state index contributed by atoms with van der Waals surface area (Å²) in [6.45, 7) is 11.6. The number of hydrogen-bond donors (Lipinski definition) is 1. The summed E-state index contributed by atoms with van der Waals surface area (Å²) in [7, 11) is 2.29. The molecule has 0 spiro atoms.